The first-order chi connectivity index (χ1) is 7.74. The number of rotatable bonds is 1. The lowest BCUT2D eigenvalue weighted by Crippen LogP contribution is -1.86. The molecule has 3 heteroatoms. The Morgan fingerprint density at radius 2 is 1.38 bits per heavy atom. The molecule has 1 aliphatic rings. The van der Waals surface area contributed by atoms with Gasteiger partial charge in [0.15, 0.2) is 0 Å². The highest BCUT2D eigenvalue weighted by Crippen LogP contribution is 2.24. The van der Waals surface area contributed by atoms with E-state index < -0.39 is 0 Å². The van der Waals surface area contributed by atoms with Gasteiger partial charge in [-0.2, -0.15) is 0 Å². The highest BCUT2D eigenvalue weighted by molar-refractivity contribution is 6.42. The van der Waals surface area contributed by atoms with Crippen molar-refractivity contribution in [2.75, 3.05) is 12.4 Å². The Morgan fingerprint density at radius 3 is 1.75 bits per heavy atom. The number of halogens is 2. The summed E-state index contributed by atoms with van der Waals surface area (Å²) in [6.45, 7) is 0. The van der Waals surface area contributed by atoms with Crippen LogP contribution in [-0.2, 0) is 0 Å². The largest absolute Gasteiger partial charge is 0.388 e. The van der Waals surface area contributed by atoms with E-state index in [0.717, 1.165) is 5.69 Å². The molecule has 0 bridgehead atoms. The summed E-state index contributed by atoms with van der Waals surface area (Å²) >= 11 is 11.4. The van der Waals surface area contributed by atoms with E-state index in [1.54, 1.807) is 12.1 Å². The molecule has 0 radical (unpaired) electrons. The minimum atomic E-state index is 0.577. The molecule has 1 nitrogen and oxygen atoms in total. The van der Waals surface area contributed by atoms with Gasteiger partial charge in [0.1, 0.15) is 0 Å². The lowest BCUT2D eigenvalue weighted by Gasteiger charge is -2.05. The highest BCUT2D eigenvalue weighted by atomic mass is 35.5. The molecule has 1 aliphatic carbocycles. The van der Waals surface area contributed by atoms with Crippen molar-refractivity contribution < 1.29 is 0 Å². The van der Waals surface area contributed by atoms with Gasteiger partial charge in [0, 0.05) is 12.7 Å². The van der Waals surface area contributed by atoms with E-state index in [1.165, 1.54) is 38.5 Å². The summed E-state index contributed by atoms with van der Waals surface area (Å²) in [6, 6.07) is 5.41. The lowest BCUT2D eigenvalue weighted by atomic mass is 10.0. The molecule has 0 amide bonds. The fourth-order valence-electron chi connectivity index (χ4n) is 1.71. The molecule has 0 aliphatic heterocycles. The van der Waals surface area contributed by atoms with Crippen LogP contribution >= 0.6 is 23.2 Å². The molecule has 0 unspecified atom stereocenters. The molecule has 2 rings (SSSR count). The molecular weight excluding hydrogens is 241 g/mol. The third-order valence-corrected chi connectivity index (χ3v) is 3.45. The molecule has 1 aromatic rings. The van der Waals surface area contributed by atoms with Gasteiger partial charge in [0.2, 0.25) is 0 Å². The summed E-state index contributed by atoms with van der Waals surface area (Å²) in [4.78, 5) is 0. The Kier molecular flexibility index (Phi) is 6.67. The van der Waals surface area contributed by atoms with Crippen molar-refractivity contribution in [2.45, 2.75) is 38.5 Å². The molecule has 0 spiro atoms. The van der Waals surface area contributed by atoms with E-state index >= 15 is 0 Å². The second kappa shape index (κ2) is 7.81. The monoisotopic (exact) mass is 259 g/mol. The maximum absolute atomic E-state index is 5.72. The van der Waals surface area contributed by atoms with Crippen LogP contribution < -0.4 is 5.32 Å². The van der Waals surface area contributed by atoms with Gasteiger partial charge in [-0.15, -0.1) is 0 Å². The minimum absolute atomic E-state index is 0.577. The summed E-state index contributed by atoms with van der Waals surface area (Å²) in [7, 11) is 1.83. The topological polar surface area (TPSA) is 12.0 Å². The van der Waals surface area contributed by atoms with Crippen molar-refractivity contribution in [2.24, 2.45) is 0 Å². The number of benzene rings is 1. The van der Waals surface area contributed by atoms with Crippen molar-refractivity contribution >= 4 is 28.9 Å². The number of nitrogens with one attached hydrogen (secondary N) is 1. The van der Waals surface area contributed by atoms with Gasteiger partial charge in [-0.1, -0.05) is 61.7 Å². The predicted octanol–water partition coefficient (Wildman–Crippen LogP) is 5.38. The fourth-order valence-corrected chi connectivity index (χ4v) is 2.01. The van der Waals surface area contributed by atoms with Crippen molar-refractivity contribution in [1.82, 2.24) is 0 Å². The summed E-state index contributed by atoms with van der Waals surface area (Å²) in [5.41, 5.74) is 0.967. The summed E-state index contributed by atoms with van der Waals surface area (Å²) in [5, 5.41) is 4.11. The standard InChI is InChI=1S/C7H7Cl2N.C6H12/c1-10-5-2-3-6(8)7(9)4-5;1-2-4-6-5-3-1/h2-4,10H,1H3;1-6H2. The second-order valence-corrected chi connectivity index (χ2v) is 4.81. The van der Waals surface area contributed by atoms with Gasteiger partial charge in [-0.3, -0.25) is 0 Å². The Hall–Kier alpha value is -0.400. The van der Waals surface area contributed by atoms with Crippen LogP contribution in [0, 0.1) is 0 Å². The van der Waals surface area contributed by atoms with Gasteiger partial charge < -0.3 is 5.32 Å². The summed E-state index contributed by atoms with van der Waals surface area (Å²) in [5.74, 6) is 0. The van der Waals surface area contributed by atoms with Crippen LogP contribution in [0.4, 0.5) is 5.69 Å². The summed E-state index contributed by atoms with van der Waals surface area (Å²) in [6.07, 6.45) is 9.00. The SMILES string of the molecule is C1CCCCC1.CNc1ccc(Cl)c(Cl)c1. The molecule has 1 fully saturated rings. The fraction of sp³-hybridized carbons (Fsp3) is 0.538. The number of hydrogen-bond acceptors (Lipinski definition) is 1. The van der Waals surface area contributed by atoms with Crippen molar-refractivity contribution in [3.63, 3.8) is 0 Å². The van der Waals surface area contributed by atoms with Crippen molar-refractivity contribution in [3.8, 4) is 0 Å². The number of hydrogen-bond donors (Lipinski definition) is 1. The molecule has 0 aromatic heterocycles. The third kappa shape index (κ3) is 5.09. The molecule has 0 atom stereocenters. The van der Waals surface area contributed by atoms with E-state index in [-0.39, 0.29) is 0 Å². The van der Waals surface area contributed by atoms with Gasteiger partial charge in [0.25, 0.3) is 0 Å². The zero-order chi connectivity index (χ0) is 11.8. The molecule has 1 saturated carbocycles. The number of anilines is 1. The average molecular weight is 260 g/mol. The van der Waals surface area contributed by atoms with E-state index in [9.17, 15) is 0 Å². The maximum atomic E-state index is 5.72. The Bertz CT molecular complexity index is 297. The third-order valence-electron chi connectivity index (χ3n) is 2.71. The van der Waals surface area contributed by atoms with Crippen LogP contribution in [0.25, 0.3) is 0 Å². The van der Waals surface area contributed by atoms with E-state index in [2.05, 4.69) is 5.32 Å². The molecule has 0 saturated heterocycles. The first-order valence-corrected chi connectivity index (χ1v) is 6.62. The van der Waals surface area contributed by atoms with Crippen LogP contribution in [-0.4, -0.2) is 7.05 Å². The zero-order valence-corrected chi connectivity index (χ0v) is 11.2. The van der Waals surface area contributed by atoms with Gasteiger partial charge >= 0.3 is 0 Å². The van der Waals surface area contributed by atoms with Gasteiger partial charge in [0.05, 0.1) is 10.0 Å². The minimum Gasteiger partial charge on any atom is -0.388 e. The van der Waals surface area contributed by atoms with E-state index in [1.807, 2.05) is 13.1 Å². The second-order valence-electron chi connectivity index (χ2n) is 4.00. The zero-order valence-electron chi connectivity index (χ0n) is 9.73. The molecule has 16 heavy (non-hydrogen) atoms. The van der Waals surface area contributed by atoms with Crippen molar-refractivity contribution in [1.29, 1.82) is 0 Å². The Balaban J connectivity index is 0.000000181. The normalized spacial score (nSPS) is 14.9. The van der Waals surface area contributed by atoms with Gasteiger partial charge in [-0.25, -0.2) is 0 Å². The first kappa shape index (κ1) is 13.7. The molecular formula is C13H19Cl2N. The first-order valence-electron chi connectivity index (χ1n) is 5.87. The molecule has 0 heterocycles. The molecule has 90 valence electrons. The van der Waals surface area contributed by atoms with Crippen molar-refractivity contribution in [3.05, 3.63) is 28.2 Å². The molecule has 1 N–H and O–H groups in total. The Labute approximate surface area is 108 Å². The van der Waals surface area contributed by atoms with Crippen LogP contribution in [0.3, 0.4) is 0 Å². The smallest absolute Gasteiger partial charge is 0.0612 e. The van der Waals surface area contributed by atoms with E-state index in [0.29, 0.717) is 10.0 Å². The van der Waals surface area contributed by atoms with Crippen LogP contribution in [0.5, 0.6) is 0 Å². The van der Waals surface area contributed by atoms with Crippen LogP contribution in [0.1, 0.15) is 38.5 Å². The summed E-state index contributed by atoms with van der Waals surface area (Å²) < 4.78 is 0. The van der Waals surface area contributed by atoms with Crippen LogP contribution in [0.2, 0.25) is 10.0 Å². The van der Waals surface area contributed by atoms with E-state index in [4.69, 9.17) is 23.2 Å². The van der Waals surface area contributed by atoms with Gasteiger partial charge in [-0.05, 0) is 18.2 Å². The highest BCUT2D eigenvalue weighted by Gasteiger charge is 1.96. The maximum Gasteiger partial charge on any atom is 0.0612 e. The van der Waals surface area contributed by atoms with Crippen LogP contribution in [0.15, 0.2) is 18.2 Å². The quantitative estimate of drug-likeness (QED) is 0.715. The predicted molar refractivity (Wildman–Crippen MR) is 73.7 cm³/mol. The average Bonchev–Trinajstić information content (AvgIpc) is 2.36. The lowest BCUT2D eigenvalue weighted by molar-refractivity contribution is 0.504. The molecule has 1 aromatic carbocycles. The Morgan fingerprint density at radius 1 is 0.875 bits per heavy atom.